The van der Waals surface area contributed by atoms with Gasteiger partial charge in [-0.1, -0.05) is 11.8 Å². The van der Waals surface area contributed by atoms with Crippen molar-refractivity contribution in [3.8, 4) is 0 Å². The van der Waals surface area contributed by atoms with Gasteiger partial charge in [-0.25, -0.2) is 4.98 Å². The number of aliphatic carboxylic acids is 1. The van der Waals surface area contributed by atoms with Gasteiger partial charge in [-0.3, -0.25) is 10.1 Å². The fourth-order valence-electron chi connectivity index (χ4n) is 2.18. The first-order chi connectivity index (χ1) is 8.94. The molecule has 1 aromatic heterocycles. The number of thioether (sulfide) groups is 1. The van der Waals surface area contributed by atoms with Gasteiger partial charge < -0.3 is 5.11 Å². The zero-order valence-electron chi connectivity index (χ0n) is 11.3. The second-order valence-electron chi connectivity index (χ2n) is 5.25. The molecule has 5 nitrogen and oxygen atoms in total. The van der Waals surface area contributed by atoms with Crippen LogP contribution < -0.4 is 5.32 Å². The second kappa shape index (κ2) is 5.76. The molecule has 7 heteroatoms. The fourth-order valence-corrected chi connectivity index (χ4v) is 4.09. The minimum Gasteiger partial charge on any atom is -0.480 e. The van der Waals surface area contributed by atoms with E-state index < -0.39 is 11.5 Å². The van der Waals surface area contributed by atoms with Gasteiger partial charge in [-0.15, -0.1) is 0 Å². The molecule has 1 unspecified atom stereocenters. The van der Waals surface area contributed by atoms with Crippen LogP contribution in [0, 0.1) is 12.8 Å². The number of nitrogens with one attached hydrogen (secondary N) is 1. The van der Waals surface area contributed by atoms with Crippen LogP contribution in [0.3, 0.4) is 0 Å². The highest BCUT2D eigenvalue weighted by Gasteiger charge is 2.51. The molecule has 0 aliphatic heterocycles. The lowest BCUT2D eigenvalue weighted by Gasteiger charge is -2.32. The average Bonchev–Trinajstić information content (AvgIpc) is 3.08. The van der Waals surface area contributed by atoms with Crippen molar-refractivity contribution in [1.82, 2.24) is 14.7 Å². The van der Waals surface area contributed by atoms with Crippen LogP contribution in [0.4, 0.5) is 0 Å². The normalized spacial score (nSPS) is 18.5. The van der Waals surface area contributed by atoms with E-state index in [0.29, 0.717) is 5.75 Å². The van der Waals surface area contributed by atoms with Crippen LogP contribution in [-0.4, -0.2) is 37.8 Å². The summed E-state index contributed by atoms with van der Waals surface area (Å²) in [6, 6.07) is 0.147. The number of carbonyl (C=O) groups is 1. The molecule has 0 aromatic carbocycles. The van der Waals surface area contributed by atoms with Crippen molar-refractivity contribution in [2.24, 2.45) is 5.92 Å². The number of hydrogen-bond acceptors (Lipinski definition) is 6. The second-order valence-corrected chi connectivity index (χ2v) is 7.22. The molecule has 0 bridgehead atoms. The van der Waals surface area contributed by atoms with Gasteiger partial charge in [0.2, 0.25) is 0 Å². The Bertz CT molecular complexity index is 460. The van der Waals surface area contributed by atoms with E-state index >= 15 is 0 Å². The summed E-state index contributed by atoms with van der Waals surface area (Å²) in [5, 5.41) is 12.9. The molecule has 0 saturated heterocycles. The first-order valence-corrected chi connectivity index (χ1v) is 8.14. The first kappa shape index (κ1) is 14.7. The van der Waals surface area contributed by atoms with Crippen LogP contribution in [0.25, 0.3) is 0 Å². The van der Waals surface area contributed by atoms with Gasteiger partial charge in [0.05, 0.1) is 0 Å². The van der Waals surface area contributed by atoms with Gasteiger partial charge in [0.1, 0.15) is 11.4 Å². The summed E-state index contributed by atoms with van der Waals surface area (Å²) in [4.78, 5) is 16.0. The topological polar surface area (TPSA) is 75.1 Å². The lowest BCUT2D eigenvalue weighted by molar-refractivity contribution is -0.145. The van der Waals surface area contributed by atoms with E-state index in [0.717, 1.165) is 23.0 Å². The maximum absolute atomic E-state index is 11.8. The Morgan fingerprint density at radius 1 is 1.63 bits per heavy atom. The maximum Gasteiger partial charge on any atom is 0.325 e. The molecule has 1 saturated carbocycles. The monoisotopic (exact) mass is 301 g/mol. The van der Waals surface area contributed by atoms with E-state index in [1.54, 1.807) is 0 Å². The van der Waals surface area contributed by atoms with Crippen molar-refractivity contribution in [2.45, 2.75) is 49.5 Å². The quantitative estimate of drug-likeness (QED) is 0.752. The Morgan fingerprint density at radius 3 is 2.74 bits per heavy atom. The summed E-state index contributed by atoms with van der Waals surface area (Å²) in [7, 11) is 0. The molecule has 0 radical (unpaired) electrons. The van der Waals surface area contributed by atoms with Gasteiger partial charge in [-0.2, -0.15) is 4.37 Å². The van der Waals surface area contributed by atoms with Gasteiger partial charge in [0.25, 0.3) is 0 Å². The van der Waals surface area contributed by atoms with Crippen molar-refractivity contribution >= 4 is 29.3 Å². The van der Waals surface area contributed by atoms with Crippen molar-refractivity contribution in [1.29, 1.82) is 0 Å². The average molecular weight is 301 g/mol. The van der Waals surface area contributed by atoms with E-state index in [1.165, 1.54) is 23.3 Å². The van der Waals surface area contributed by atoms with Crippen LogP contribution >= 0.6 is 23.3 Å². The number of hydrogen-bond donors (Lipinski definition) is 2. The molecule has 19 heavy (non-hydrogen) atoms. The Kier molecular flexibility index (Phi) is 4.47. The third kappa shape index (κ3) is 3.46. The zero-order valence-corrected chi connectivity index (χ0v) is 13.0. The zero-order chi connectivity index (χ0) is 14.0. The minimum absolute atomic E-state index is 0.147. The lowest BCUT2D eigenvalue weighted by Crippen LogP contribution is -2.58. The third-order valence-electron chi connectivity index (χ3n) is 3.13. The molecule has 1 atom stereocenters. The van der Waals surface area contributed by atoms with Gasteiger partial charge in [-0.05, 0) is 51.1 Å². The van der Waals surface area contributed by atoms with E-state index in [-0.39, 0.29) is 12.0 Å². The highest BCUT2D eigenvalue weighted by Crippen LogP contribution is 2.43. The summed E-state index contributed by atoms with van der Waals surface area (Å²) < 4.78 is 4.97. The molecule has 1 aliphatic carbocycles. The maximum atomic E-state index is 11.8. The van der Waals surface area contributed by atoms with E-state index in [9.17, 15) is 9.90 Å². The molecule has 106 valence electrons. The van der Waals surface area contributed by atoms with Crippen LogP contribution in [0.5, 0.6) is 0 Å². The van der Waals surface area contributed by atoms with Crippen LogP contribution in [0.2, 0.25) is 0 Å². The molecule has 1 aromatic rings. The lowest BCUT2D eigenvalue weighted by atomic mass is 9.94. The molecule has 2 N–H and O–H groups in total. The smallest absolute Gasteiger partial charge is 0.325 e. The number of aryl methyl sites for hydroxylation is 1. The van der Waals surface area contributed by atoms with Crippen molar-refractivity contribution < 1.29 is 9.90 Å². The summed E-state index contributed by atoms with van der Waals surface area (Å²) in [5.41, 5.74) is -0.835. The summed E-state index contributed by atoms with van der Waals surface area (Å²) in [5.74, 6) is 0.725. The SMILES string of the molecule is Cc1nsc(SCC(NC(C)C)(C(=O)O)C2CC2)n1. The number of rotatable bonds is 7. The molecule has 1 aliphatic rings. The van der Waals surface area contributed by atoms with Crippen LogP contribution in [0.15, 0.2) is 4.34 Å². The molecular formula is C12H19N3O2S2. The van der Waals surface area contributed by atoms with Gasteiger partial charge in [0, 0.05) is 11.8 Å². The molecule has 1 fully saturated rings. The van der Waals surface area contributed by atoms with Crippen LogP contribution in [-0.2, 0) is 4.79 Å². The van der Waals surface area contributed by atoms with Crippen molar-refractivity contribution in [3.63, 3.8) is 0 Å². The van der Waals surface area contributed by atoms with Gasteiger partial charge >= 0.3 is 5.97 Å². The van der Waals surface area contributed by atoms with Crippen molar-refractivity contribution in [2.75, 3.05) is 5.75 Å². The molecule has 2 rings (SSSR count). The number of nitrogens with zero attached hydrogens (tertiary/aromatic N) is 2. The molecule has 0 amide bonds. The number of aromatic nitrogens is 2. The fraction of sp³-hybridized carbons (Fsp3) is 0.750. The van der Waals surface area contributed by atoms with E-state index in [1.807, 2.05) is 20.8 Å². The summed E-state index contributed by atoms with van der Waals surface area (Å²) in [6.45, 7) is 5.82. The molecular weight excluding hydrogens is 282 g/mol. The highest BCUT2D eigenvalue weighted by molar-refractivity contribution is 8.01. The Balaban J connectivity index is 2.10. The molecule has 1 heterocycles. The largest absolute Gasteiger partial charge is 0.480 e. The Hall–Kier alpha value is -0.660. The standard InChI is InChI=1S/C12H19N3O2S2/c1-7(2)14-12(10(16)17,9-4-5-9)6-18-11-13-8(3)15-19-11/h7,9,14H,4-6H2,1-3H3,(H,16,17). The van der Waals surface area contributed by atoms with Crippen molar-refractivity contribution in [3.05, 3.63) is 5.82 Å². The minimum atomic E-state index is -0.835. The van der Waals surface area contributed by atoms with E-state index in [2.05, 4.69) is 14.7 Å². The summed E-state index contributed by atoms with van der Waals surface area (Å²) >= 11 is 2.82. The molecule has 0 spiro atoms. The number of carboxylic acids is 1. The Labute approximate surface area is 121 Å². The Morgan fingerprint density at radius 2 is 2.32 bits per heavy atom. The van der Waals surface area contributed by atoms with Crippen LogP contribution in [0.1, 0.15) is 32.5 Å². The predicted octanol–water partition coefficient (Wildman–Crippen LogP) is 2.17. The third-order valence-corrected chi connectivity index (χ3v) is 5.25. The van der Waals surface area contributed by atoms with Gasteiger partial charge in [0.15, 0.2) is 4.34 Å². The van der Waals surface area contributed by atoms with E-state index in [4.69, 9.17) is 0 Å². The summed E-state index contributed by atoms with van der Waals surface area (Å²) in [6.07, 6.45) is 1.98. The predicted molar refractivity (Wildman–Crippen MR) is 76.7 cm³/mol. The first-order valence-electron chi connectivity index (χ1n) is 6.38. The number of carboxylic acid groups (broad SMARTS) is 1. The highest BCUT2D eigenvalue weighted by atomic mass is 32.2.